The number of methoxy groups -OCH3 is 1. The van der Waals surface area contributed by atoms with Gasteiger partial charge in [0.15, 0.2) is 0 Å². The smallest absolute Gasteiger partial charge is 0.0768 e. The number of rotatable bonds is 7. The van der Waals surface area contributed by atoms with Crippen LogP contribution in [0.5, 0.6) is 0 Å². The van der Waals surface area contributed by atoms with Crippen molar-refractivity contribution in [2.45, 2.75) is 32.3 Å². The molecular formula is C10H23NO2. The number of likely N-dealkylation sites (N-methyl/N-ethyl adjacent to an activating group) is 1. The molecule has 0 bridgehead atoms. The highest BCUT2D eigenvalue weighted by molar-refractivity contribution is 4.78. The summed E-state index contributed by atoms with van der Waals surface area (Å²) in [4.78, 5) is 2.11. The fourth-order valence-corrected chi connectivity index (χ4v) is 1.30. The average molecular weight is 189 g/mol. The van der Waals surface area contributed by atoms with Gasteiger partial charge in [0.1, 0.15) is 0 Å². The molecule has 0 aliphatic heterocycles. The quantitative estimate of drug-likeness (QED) is 0.651. The largest absolute Gasteiger partial charge is 0.389 e. The van der Waals surface area contributed by atoms with Crippen LogP contribution in [0.15, 0.2) is 0 Å². The fraction of sp³-hybridized carbons (Fsp3) is 1.00. The Balaban J connectivity index is 3.79. The van der Waals surface area contributed by atoms with E-state index in [0.29, 0.717) is 0 Å². The Morgan fingerprint density at radius 2 is 1.85 bits per heavy atom. The number of hydrogen-bond acceptors (Lipinski definition) is 3. The molecule has 3 nitrogen and oxygen atoms in total. The van der Waals surface area contributed by atoms with Crippen molar-refractivity contribution in [3.05, 3.63) is 0 Å². The molecule has 3 heteroatoms. The lowest BCUT2D eigenvalue weighted by Gasteiger charge is -2.30. The van der Waals surface area contributed by atoms with Gasteiger partial charge in [0.2, 0.25) is 0 Å². The van der Waals surface area contributed by atoms with Crippen LogP contribution < -0.4 is 0 Å². The molecule has 0 amide bonds. The van der Waals surface area contributed by atoms with Crippen molar-refractivity contribution < 1.29 is 9.84 Å². The molecule has 0 rings (SSSR count). The van der Waals surface area contributed by atoms with Crippen molar-refractivity contribution in [3.8, 4) is 0 Å². The van der Waals surface area contributed by atoms with Gasteiger partial charge in [-0.1, -0.05) is 13.8 Å². The van der Waals surface area contributed by atoms with Crippen LogP contribution in [-0.4, -0.2) is 49.5 Å². The monoisotopic (exact) mass is 189 g/mol. The van der Waals surface area contributed by atoms with E-state index in [1.165, 1.54) is 0 Å². The van der Waals surface area contributed by atoms with Crippen LogP contribution in [0.3, 0.4) is 0 Å². The van der Waals surface area contributed by atoms with Crippen LogP contribution in [0.4, 0.5) is 0 Å². The molecule has 0 unspecified atom stereocenters. The Morgan fingerprint density at radius 3 is 2.23 bits per heavy atom. The van der Waals surface area contributed by atoms with E-state index in [4.69, 9.17) is 4.74 Å². The Kier molecular flexibility index (Phi) is 6.29. The van der Waals surface area contributed by atoms with Gasteiger partial charge in [-0.05, 0) is 19.9 Å². The zero-order chi connectivity index (χ0) is 10.3. The van der Waals surface area contributed by atoms with Crippen molar-refractivity contribution in [1.82, 2.24) is 4.90 Å². The van der Waals surface area contributed by atoms with E-state index >= 15 is 0 Å². The standard InChI is InChI=1S/C10H23NO2/c1-5-10(12,6-2)9-11(3)7-8-13-4/h12H,5-9H2,1-4H3. The summed E-state index contributed by atoms with van der Waals surface area (Å²) in [6, 6.07) is 0. The van der Waals surface area contributed by atoms with Gasteiger partial charge in [0.25, 0.3) is 0 Å². The van der Waals surface area contributed by atoms with Crippen LogP contribution in [0, 0.1) is 0 Å². The van der Waals surface area contributed by atoms with Crippen LogP contribution >= 0.6 is 0 Å². The summed E-state index contributed by atoms with van der Waals surface area (Å²) in [5, 5.41) is 10.0. The first-order valence-corrected chi connectivity index (χ1v) is 4.98. The van der Waals surface area contributed by atoms with E-state index in [0.717, 1.165) is 32.5 Å². The van der Waals surface area contributed by atoms with Crippen molar-refractivity contribution in [2.24, 2.45) is 0 Å². The first kappa shape index (κ1) is 12.9. The van der Waals surface area contributed by atoms with Crippen molar-refractivity contribution in [2.75, 3.05) is 33.9 Å². The predicted molar refractivity (Wildman–Crippen MR) is 54.9 cm³/mol. The lowest BCUT2D eigenvalue weighted by Crippen LogP contribution is -2.41. The molecule has 0 atom stereocenters. The molecule has 0 aromatic carbocycles. The zero-order valence-electron chi connectivity index (χ0n) is 9.34. The Hall–Kier alpha value is -0.120. The van der Waals surface area contributed by atoms with Gasteiger partial charge in [-0.2, -0.15) is 0 Å². The van der Waals surface area contributed by atoms with Crippen LogP contribution in [-0.2, 0) is 4.74 Å². The fourth-order valence-electron chi connectivity index (χ4n) is 1.30. The maximum absolute atomic E-state index is 10.0. The van der Waals surface area contributed by atoms with Gasteiger partial charge in [-0.15, -0.1) is 0 Å². The van der Waals surface area contributed by atoms with Gasteiger partial charge in [0, 0.05) is 20.2 Å². The van der Waals surface area contributed by atoms with Gasteiger partial charge >= 0.3 is 0 Å². The minimum atomic E-state index is -0.525. The SMILES string of the molecule is CCC(O)(CC)CN(C)CCOC. The lowest BCUT2D eigenvalue weighted by atomic mass is 9.97. The first-order chi connectivity index (χ1) is 6.08. The minimum Gasteiger partial charge on any atom is -0.389 e. The Morgan fingerprint density at radius 1 is 1.31 bits per heavy atom. The minimum absolute atomic E-state index is 0.525. The Labute approximate surface area is 81.7 Å². The van der Waals surface area contributed by atoms with Crippen molar-refractivity contribution in [3.63, 3.8) is 0 Å². The third-order valence-electron chi connectivity index (χ3n) is 2.56. The summed E-state index contributed by atoms with van der Waals surface area (Å²) in [5.74, 6) is 0. The highest BCUT2D eigenvalue weighted by Gasteiger charge is 2.23. The molecule has 80 valence electrons. The van der Waals surface area contributed by atoms with Crippen LogP contribution in [0.1, 0.15) is 26.7 Å². The van der Waals surface area contributed by atoms with Gasteiger partial charge in [-0.3, -0.25) is 0 Å². The van der Waals surface area contributed by atoms with Crippen molar-refractivity contribution in [1.29, 1.82) is 0 Å². The molecule has 0 aliphatic rings. The molecule has 0 aromatic heterocycles. The molecule has 0 heterocycles. The number of hydrogen-bond donors (Lipinski definition) is 1. The Bertz CT molecular complexity index is 124. The van der Waals surface area contributed by atoms with E-state index in [2.05, 4.69) is 4.90 Å². The maximum Gasteiger partial charge on any atom is 0.0768 e. The summed E-state index contributed by atoms with van der Waals surface area (Å²) < 4.78 is 4.97. The molecule has 0 aliphatic carbocycles. The molecule has 0 radical (unpaired) electrons. The van der Waals surface area contributed by atoms with Gasteiger partial charge < -0.3 is 14.7 Å². The summed E-state index contributed by atoms with van der Waals surface area (Å²) in [6.45, 7) is 6.36. The molecule has 13 heavy (non-hydrogen) atoms. The van der Waals surface area contributed by atoms with E-state index in [1.54, 1.807) is 7.11 Å². The molecule has 0 spiro atoms. The third kappa shape index (κ3) is 5.24. The molecule has 0 saturated heterocycles. The second kappa shape index (κ2) is 6.35. The van der Waals surface area contributed by atoms with E-state index in [9.17, 15) is 5.11 Å². The number of ether oxygens (including phenoxy) is 1. The molecule has 0 aromatic rings. The van der Waals surface area contributed by atoms with E-state index in [1.807, 2.05) is 20.9 Å². The summed E-state index contributed by atoms with van der Waals surface area (Å²) in [5.41, 5.74) is -0.525. The molecule has 1 N–H and O–H groups in total. The van der Waals surface area contributed by atoms with E-state index < -0.39 is 5.60 Å². The topological polar surface area (TPSA) is 32.7 Å². The predicted octanol–water partition coefficient (Wildman–Crippen LogP) is 1.12. The lowest BCUT2D eigenvalue weighted by molar-refractivity contribution is -0.00138. The van der Waals surface area contributed by atoms with Crippen molar-refractivity contribution >= 4 is 0 Å². The van der Waals surface area contributed by atoms with Crippen LogP contribution in [0.2, 0.25) is 0 Å². The third-order valence-corrected chi connectivity index (χ3v) is 2.56. The molecular weight excluding hydrogens is 166 g/mol. The summed E-state index contributed by atoms with van der Waals surface area (Å²) in [6.07, 6.45) is 1.61. The highest BCUT2D eigenvalue weighted by Crippen LogP contribution is 2.15. The highest BCUT2D eigenvalue weighted by atomic mass is 16.5. The first-order valence-electron chi connectivity index (χ1n) is 4.98. The number of nitrogens with zero attached hydrogens (tertiary/aromatic N) is 1. The normalized spacial score (nSPS) is 12.5. The second-order valence-corrected chi connectivity index (χ2v) is 3.66. The maximum atomic E-state index is 10.0. The van der Waals surface area contributed by atoms with Crippen LogP contribution in [0.25, 0.3) is 0 Å². The zero-order valence-corrected chi connectivity index (χ0v) is 9.34. The summed E-state index contributed by atoms with van der Waals surface area (Å²) >= 11 is 0. The molecule has 0 fully saturated rings. The van der Waals surface area contributed by atoms with E-state index in [-0.39, 0.29) is 0 Å². The van der Waals surface area contributed by atoms with Gasteiger partial charge in [-0.25, -0.2) is 0 Å². The summed E-state index contributed by atoms with van der Waals surface area (Å²) in [7, 11) is 3.70. The average Bonchev–Trinajstić information content (AvgIpc) is 2.14. The second-order valence-electron chi connectivity index (χ2n) is 3.66. The molecule has 0 saturated carbocycles. The number of aliphatic hydroxyl groups is 1. The van der Waals surface area contributed by atoms with Gasteiger partial charge in [0.05, 0.1) is 12.2 Å².